The molecule has 0 aliphatic heterocycles. The molecule has 2 aromatic rings. The van der Waals surface area contributed by atoms with E-state index in [4.69, 9.17) is 5.11 Å². The van der Waals surface area contributed by atoms with E-state index in [1.54, 1.807) is 0 Å². The first kappa shape index (κ1) is 19.4. The number of hydrogen-bond donors (Lipinski definition) is 1. The van der Waals surface area contributed by atoms with Crippen LogP contribution in [0.3, 0.4) is 0 Å². The molecule has 0 fully saturated rings. The van der Waals surface area contributed by atoms with Crippen molar-refractivity contribution in [2.45, 2.75) is 0 Å². The summed E-state index contributed by atoms with van der Waals surface area (Å²) in [5, 5.41) is 7.00. The van der Waals surface area contributed by atoms with Gasteiger partial charge in [0.05, 0.1) is 0 Å². The second kappa shape index (κ2) is 18.6. The van der Waals surface area contributed by atoms with Crippen molar-refractivity contribution in [1.82, 2.24) is 0 Å². The Bertz CT molecular complexity index is 155. The minimum atomic E-state index is 0. The van der Waals surface area contributed by atoms with E-state index >= 15 is 0 Å². The summed E-state index contributed by atoms with van der Waals surface area (Å²) in [6, 6.07) is 20.0. The molecule has 1 nitrogen and oxygen atoms in total. The maximum Gasteiger partial charge on any atom is 0.0319 e. The minimum absolute atomic E-state index is 0. The van der Waals surface area contributed by atoms with E-state index in [-0.39, 0.29) is 38.3 Å². The van der Waals surface area contributed by atoms with Crippen molar-refractivity contribution in [3.8, 4) is 0 Å². The Labute approximate surface area is 111 Å². The van der Waals surface area contributed by atoms with Gasteiger partial charge in [0.2, 0.25) is 0 Å². The number of halogens is 1. The van der Waals surface area contributed by atoms with E-state index in [0.29, 0.717) is 0 Å². The second-order valence-corrected chi connectivity index (χ2v) is 1.92. The molecule has 0 saturated heterocycles. The van der Waals surface area contributed by atoms with E-state index in [1.807, 2.05) is 60.7 Å². The average molecular weight is 376 g/mol. The normalized spacial score (nSPS) is 6.14. The van der Waals surface area contributed by atoms with Gasteiger partial charge in [-0.15, -0.1) is 0 Å². The Balaban J connectivity index is -0.000000131. The largest absolute Gasteiger partial charge is 1.00 e. The van der Waals surface area contributed by atoms with E-state index in [9.17, 15) is 0 Å². The zero-order chi connectivity index (χ0) is 9.07. The van der Waals surface area contributed by atoms with Gasteiger partial charge in [-0.25, -0.2) is 24.3 Å². The molecule has 0 atom stereocenters. The fourth-order valence-electron chi connectivity index (χ4n) is 0.642. The molecule has 0 aliphatic carbocycles. The van der Waals surface area contributed by atoms with Crippen LogP contribution in [0, 0.1) is 0 Å². The van der Waals surface area contributed by atoms with Crippen LogP contribution in [0.5, 0.6) is 0 Å². The van der Waals surface area contributed by atoms with Crippen LogP contribution in [0.15, 0.2) is 60.7 Å². The van der Waals surface area contributed by atoms with E-state index < -0.39 is 0 Å². The number of hydrogen-bond acceptors (Lipinski definition) is 1. The SMILES string of the molecule is CO.[Cl-].[Hf].c1cc[cH-]c1.c1cc[cH-]c1. The summed E-state index contributed by atoms with van der Waals surface area (Å²) in [7, 11) is 1.00. The third-order valence-electron chi connectivity index (χ3n) is 1.11. The smallest absolute Gasteiger partial charge is 0.0319 e. The Morgan fingerprint density at radius 2 is 0.929 bits per heavy atom. The van der Waals surface area contributed by atoms with Gasteiger partial charge in [0.25, 0.3) is 0 Å². The van der Waals surface area contributed by atoms with Gasteiger partial charge < -0.3 is 17.5 Å². The second-order valence-electron chi connectivity index (χ2n) is 1.92. The van der Waals surface area contributed by atoms with E-state index in [0.717, 1.165) is 7.11 Å². The molecule has 0 unspecified atom stereocenters. The summed E-state index contributed by atoms with van der Waals surface area (Å²) >= 11 is 0. The first-order valence-corrected chi connectivity index (χ1v) is 3.78. The zero-order valence-corrected chi connectivity index (χ0v) is 12.4. The quantitative estimate of drug-likeness (QED) is 0.482. The van der Waals surface area contributed by atoms with Crippen molar-refractivity contribution < 1.29 is 43.4 Å². The predicted molar refractivity (Wildman–Crippen MR) is 52.2 cm³/mol. The monoisotopic (exact) mass is 377 g/mol. The molecule has 0 bridgehead atoms. The van der Waals surface area contributed by atoms with Crippen LogP contribution in [0.2, 0.25) is 0 Å². The molecular weight excluding hydrogens is 362 g/mol. The topological polar surface area (TPSA) is 20.2 Å². The first-order chi connectivity index (χ1) is 6.00. The van der Waals surface area contributed by atoms with Crippen LogP contribution in [-0.2, 0) is 25.8 Å². The third kappa shape index (κ3) is 14.4. The van der Waals surface area contributed by atoms with Crippen LogP contribution in [0.4, 0.5) is 0 Å². The molecule has 0 spiro atoms. The maximum atomic E-state index is 7.00. The molecule has 0 saturated carbocycles. The maximum absolute atomic E-state index is 7.00. The first-order valence-electron chi connectivity index (χ1n) is 3.78. The number of rotatable bonds is 0. The summed E-state index contributed by atoms with van der Waals surface area (Å²) in [5.41, 5.74) is 0. The fraction of sp³-hybridized carbons (Fsp3) is 0.0909. The van der Waals surface area contributed by atoms with Crippen LogP contribution < -0.4 is 12.4 Å². The molecule has 1 N–H and O–H groups in total. The van der Waals surface area contributed by atoms with Crippen molar-refractivity contribution >= 4 is 0 Å². The Hall–Kier alpha value is -0.180. The fourth-order valence-corrected chi connectivity index (χ4v) is 0.642. The standard InChI is InChI=1S/2C5H5.CH4O.ClH.Hf/c2*1-2-4-5-3-1;1-2;;/h2*1-5H;2H,1H3;1H;/q2*-1;;;/p-1. The molecule has 0 radical (unpaired) electrons. The van der Waals surface area contributed by atoms with Crippen molar-refractivity contribution in [2.75, 3.05) is 7.11 Å². The molecule has 0 aliphatic rings. The minimum Gasteiger partial charge on any atom is -1.00 e. The Kier molecular flexibility index (Phi) is 25.7. The van der Waals surface area contributed by atoms with Crippen molar-refractivity contribution in [1.29, 1.82) is 0 Å². The van der Waals surface area contributed by atoms with Gasteiger partial charge in [-0.05, 0) is 0 Å². The number of aliphatic hydroxyl groups is 1. The van der Waals surface area contributed by atoms with E-state index in [1.165, 1.54) is 0 Å². The molecule has 0 heterocycles. The van der Waals surface area contributed by atoms with Gasteiger partial charge in [0.15, 0.2) is 0 Å². The summed E-state index contributed by atoms with van der Waals surface area (Å²) < 4.78 is 0. The van der Waals surface area contributed by atoms with Gasteiger partial charge in [0.1, 0.15) is 0 Å². The zero-order valence-electron chi connectivity index (χ0n) is 8.10. The summed E-state index contributed by atoms with van der Waals surface area (Å²) in [5.74, 6) is 0. The number of aliphatic hydroxyl groups excluding tert-OH is 1. The summed E-state index contributed by atoms with van der Waals surface area (Å²) in [4.78, 5) is 0. The molecule has 78 valence electrons. The van der Waals surface area contributed by atoms with Crippen molar-refractivity contribution in [2.24, 2.45) is 0 Å². The van der Waals surface area contributed by atoms with Crippen LogP contribution in [0.25, 0.3) is 0 Å². The molecule has 0 aromatic heterocycles. The Morgan fingerprint density at radius 1 is 0.714 bits per heavy atom. The van der Waals surface area contributed by atoms with Gasteiger partial charge in [-0.3, -0.25) is 0 Å². The van der Waals surface area contributed by atoms with Gasteiger partial charge in [-0.2, -0.15) is 36.4 Å². The van der Waals surface area contributed by atoms with Crippen LogP contribution in [-0.4, -0.2) is 12.2 Å². The molecule has 0 amide bonds. The van der Waals surface area contributed by atoms with Crippen LogP contribution >= 0.6 is 0 Å². The van der Waals surface area contributed by atoms with E-state index in [2.05, 4.69) is 0 Å². The van der Waals surface area contributed by atoms with Crippen molar-refractivity contribution in [3.05, 3.63) is 60.7 Å². The van der Waals surface area contributed by atoms with Crippen LogP contribution in [0.1, 0.15) is 0 Å². The molecule has 2 rings (SSSR count). The van der Waals surface area contributed by atoms with Gasteiger partial charge in [0, 0.05) is 33.0 Å². The van der Waals surface area contributed by atoms with Crippen molar-refractivity contribution in [3.63, 3.8) is 0 Å². The summed E-state index contributed by atoms with van der Waals surface area (Å²) in [6.45, 7) is 0. The molecule has 3 heteroatoms. The molecule has 2 aromatic carbocycles. The third-order valence-corrected chi connectivity index (χ3v) is 1.11. The average Bonchev–Trinajstić information content (AvgIpc) is 2.87. The van der Waals surface area contributed by atoms with Gasteiger partial charge >= 0.3 is 0 Å². The molecular formula is C11H14ClHfO-3. The summed E-state index contributed by atoms with van der Waals surface area (Å²) in [6.07, 6.45) is 0. The Morgan fingerprint density at radius 3 is 1.00 bits per heavy atom. The predicted octanol–water partition coefficient (Wildman–Crippen LogP) is -0.579. The van der Waals surface area contributed by atoms with Gasteiger partial charge in [-0.1, -0.05) is 0 Å². The molecule has 14 heavy (non-hydrogen) atoms.